The van der Waals surface area contributed by atoms with Crippen LogP contribution in [0.1, 0.15) is 5.56 Å². The average Bonchev–Trinajstić information content (AvgIpc) is 2.48. The second-order valence-corrected chi connectivity index (χ2v) is 5.48. The molecule has 0 aliphatic carbocycles. The molecule has 0 unspecified atom stereocenters. The minimum Gasteiger partial charge on any atom is -0.495 e. The Hall–Kier alpha value is -2.01. The van der Waals surface area contributed by atoms with Gasteiger partial charge in [-0.1, -0.05) is 34.1 Å². The first-order valence-electron chi connectivity index (χ1n) is 6.53. The fourth-order valence-electron chi connectivity index (χ4n) is 1.90. The lowest BCUT2D eigenvalue weighted by atomic mass is 10.2. The third kappa shape index (κ3) is 4.23. The number of ether oxygens (including phenoxy) is 1. The second-order valence-electron chi connectivity index (χ2n) is 4.56. The Morgan fingerprint density at radius 1 is 1.19 bits per heavy atom. The molecule has 110 valence electrons. The van der Waals surface area contributed by atoms with E-state index in [0.29, 0.717) is 5.75 Å². The first kappa shape index (κ1) is 15.4. The van der Waals surface area contributed by atoms with E-state index in [0.717, 1.165) is 21.4 Å². The number of hydrogen-bond donors (Lipinski definition) is 2. The zero-order chi connectivity index (χ0) is 15.2. The first-order chi connectivity index (χ1) is 10.1. The van der Waals surface area contributed by atoms with Crippen molar-refractivity contribution in [2.75, 3.05) is 24.3 Å². The molecule has 0 radical (unpaired) electrons. The van der Waals surface area contributed by atoms with Crippen molar-refractivity contribution in [3.63, 3.8) is 0 Å². The van der Waals surface area contributed by atoms with Crippen LogP contribution in [0.15, 0.2) is 46.9 Å². The minimum atomic E-state index is -0.105. The predicted molar refractivity (Wildman–Crippen MR) is 89.0 cm³/mol. The van der Waals surface area contributed by atoms with Gasteiger partial charge in [-0.3, -0.25) is 4.79 Å². The van der Waals surface area contributed by atoms with Gasteiger partial charge in [-0.05, 0) is 36.8 Å². The fraction of sp³-hybridized carbons (Fsp3) is 0.188. The molecule has 0 heterocycles. The topological polar surface area (TPSA) is 50.4 Å². The lowest BCUT2D eigenvalue weighted by Crippen LogP contribution is -2.22. The summed E-state index contributed by atoms with van der Waals surface area (Å²) >= 11 is 3.40. The Morgan fingerprint density at radius 3 is 2.67 bits per heavy atom. The molecule has 0 spiro atoms. The van der Waals surface area contributed by atoms with Gasteiger partial charge < -0.3 is 15.4 Å². The zero-order valence-corrected chi connectivity index (χ0v) is 13.5. The highest BCUT2D eigenvalue weighted by molar-refractivity contribution is 9.10. The van der Waals surface area contributed by atoms with E-state index in [4.69, 9.17) is 4.74 Å². The number of benzene rings is 2. The maximum Gasteiger partial charge on any atom is 0.243 e. The van der Waals surface area contributed by atoms with Crippen LogP contribution in [-0.2, 0) is 4.79 Å². The SMILES string of the molecule is COc1ccc(Br)cc1NCC(=O)Nc1ccccc1C. The normalized spacial score (nSPS) is 10.0. The van der Waals surface area contributed by atoms with Crippen molar-refractivity contribution in [3.05, 3.63) is 52.5 Å². The van der Waals surface area contributed by atoms with Crippen LogP contribution < -0.4 is 15.4 Å². The van der Waals surface area contributed by atoms with Gasteiger partial charge in [0.2, 0.25) is 5.91 Å². The predicted octanol–water partition coefficient (Wildman–Crippen LogP) is 3.82. The van der Waals surface area contributed by atoms with Crippen LogP contribution in [0.4, 0.5) is 11.4 Å². The van der Waals surface area contributed by atoms with Crippen molar-refractivity contribution in [3.8, 4) is 5.75 Å². The van der Waals surface area contributed by atoms with Crippen LogP contribution in [0.3, 0.4) is 0 Å². The summed E-state index contributed by atoms with van der Waals surface area (Å²) in [5, 5.41) is 5.96. The molecule has 0 bridgehead atoms. The van der Waals surface area contributed by atoms with E-state index in [1.54, 1.807) is 7.11 Å². The summed E-state index contributed by atoms with van der Waals surface area (Å²) in [6, 6.07) is 13.3. The van der Waals surface area contributed by atoms with E-state index in [1.165, 1.54) is 0 Å². The summed E-state index contributed by atoms with van der Waals surface area (Å²) in [7, 11) is 1.60. The lowest BCUT2D eigenvalue weighted by Gasteiger charge is -2.12. The van der Waals surface area contributed by atoms with Crippen LogP contribution in [0.2, 0.25) is 0 Å². The van der Waals surface area contributed by atoms with E-state index in [2.05, 4.69) is 26.6 Å². The summed E-state index contributed by atoms with van der Waals surface area (Å²) in [6.45, 7) is 2.13. The molecule has 21 heavy (non-hydrogen) atoms. The Morgan fingerprint density at radius 2 is 1.95 bits per heavy atom. The number of anilines is 2. The summed E-state index contributed by atoms with van der Waals surface area (Å²) in [5.41, 5.74) is 2.63. The highest BCUT2D eigenvalue weighted by Gasteiger charge is 2.07. The molecule has 1 amide bonds. The van der Waals surface area contributed by atoms with Gasteiger partial charge in [0.25, 0.3) is 0 Å². The number of hydrogen-bond acceptors (Lipinski definition) is 3. The summed E-state index contributed by atoms with van der Waals surface area (Å²) in [5.74, 6) is 0.591. The zero-order valence-electron chi connectivity index (χ0n) is 11.9. The Bertz CT molecular complexity index is 644. The van der Waals surface area contributed by atoms with Crippen molar-refractivity contribution in [1.29, 1.82) is 0 Å². The fourth-order valence-corrected chi connectivity index (χ4v) is 2.26. The van der Waals surface area contributed by atoms with E-state index >= 15 is 0 Å². The van der Waals surface area contributed by atoms with Crippen molar-refractivity contribution >= 4 is 33.2 Å². The van der Waals surface area contributed by atoms with Crippen molar-refractivity contribution in [1.82, 2.24) is 0 Å². The Balaban J connectivity index is 1.98. The number of carbonyl (C=O) groups is 1. The average molecular weight is 349 g/mol. The van der Waals surface area contributed by atoms with Crippen molar-refractivity contribution < 1.29 is 9.53 Å². The minimum absolute atomic E-state index is 0.105. The van der Waals surface area contributed by atoms with Gasteiger partial charge >= 0.3 is 0 Å². The molecule has 0 saturated carbocycles. The third-order valence-electron chi connectivity index (χ3n) is 3.02. The van der Waals surface area contributed by atoms with Gasteiger partial charge in [0.1, 0.15) is 5.75 Å². The molecule has 0 fully saturated rings. The van der Waals surface area contributed by atoms with Gasteiger partial charge in [-0.15, -0.1) is 0 Å². The van der Waals surface area contributed by atoms with E-state index in [9.17, 15) is 4.79 Å². The number of aryl methyl sites for hydroxylation is 1. The number of amides is 1. The van der Waals surface area contributed by atoms with Crippen LogP contribution >= 0.6 is 15.9 Å². The van der Waals surface area contributed by atoms with Gasteiger partial charge in [0, 0.05) is 10.2 Å². The number of halogens is 1. The van der Waals surface area contributed by atoms with Crippen LogP contribution in [-0.4, -0.2) is 19.6 Å². The molecule has 0 saturated heterocycles. The molecule has 5 heteroatoms. The van der Waals surface area contributed by atoms with E-state index in [1.807, 2.05) is 49.4 Å². The number of carbonyl (C=O) groups excluding carboxylic acids is 1. The maximum absolute atomic E-state index is 12.0. The molecule has 2 rings (SSSR count). The van der Waals surface area contributed by atoms with Gasteiger partial charge in [0.15, 0.2) is 0 Å². The third-order valence-corrected chi connectivity index (χ3v) is 3.51. The molecule has 0 aromatic heterocycles. The van der Waals surface area contributed by atoms with Gasteiger partial charge in [-0.2, -0.15) is 0 Å². The molecule has 0 atom stereocenters. The van der Waals surface area contributed by atoms with Crippen LogP contribution in [0.25, 0.3) is 0 Å². The largest absolute Gasteiger partial charge is 0.495 e. The second kappa shape index (κ2) is 7.13. The summed E-state index contributed by atoms with van der Waals surface area (Å²) in [6.07, 6.45) is 0. The van der Waals surface area contributed by atoms with Crippen molar-refractivity contribution in [2.45, 2.75) is 6.92 Å². The molecular formula is C16H17BrN2O2. The standard InChI is InChI=1S/C16H17BrN2O2/c1-11-5-3-4-6-13(11)19-16(20)10-18-14-9-12(17)7-8-15(14)21-2/h3-9,18H,10H2,1-2H3,(H,19,20). The molecule has 2 aromatic rings. The van der Waals surface area contributed by atoms with Crippen LogP contribution in [0.5, 0.6) is 5.75 Å². The number of para-hydroxylation sites is 1. The Labute approximate surface area is 132 Å². The van der Waals surface area contributed by atoms with E-state index < -0.39 is 0 Å². The quantitative estimate of drug-likeness (QED) is 0.863. The monoisotopic (exact) mass is 348 g/mol. The first-order valence-corrected chi connectivity index (χ1v) is 7.32. The van der Waals surface area contributed by atoms with Gasteiger partial charge in [0.05, 0.1) is 19.3 Å². The van der Waals surface area contributed by atoms with E-state index in [-0.39, 0.29) is 12.5 Å². The highest BCUT2D eigenvalue weighted by Crippen LogP contribution is 2.27. The van der Waals surface area contributed by atoms with Crippen LogP contribution in [0, 0.1) is 6.92 Å². The van der Waals surface area contributed by atoms with Gasteiger partial charge in [-0.25, -0.2) is 0 Å². The van der Waals surface area contributed by atoms with Crippen molar-refractivity contribution in [2.24, 2.45) is 0 Å². The maximum atomic E-state index is 12.0. The smallest absolute Gasteiger partial charge is 0.243 e. The molecule has 2 aromatic carbocycles. The summed E-state index contributed by atoms with van der Waals surface area (Å²) in [4.78, 5) is 12.0. The number of methoxy groups -OCH3 is 1. The highest BCUT2D eigenvalue weighted by atomic mass is 79.9. The molecule has 2 N–H and O–H groups in total. The molecule has 0 aliphatic heterocycles. The number of nitrogens with one attached hydrogen (secondary N) is 2. The summed E-state index contributed by atoms with van der Waals surface area (Å²) < 4.78 is 6.18. The number of rotatable bonds is 5. The molecule has 0 aliphatic rings. The lowest BCUT2D eigenvalue weighted by molar-refractivity contribution is -0.114. The molecule has 4 nitrogen and oxygen atoms in total. The molecular weight excluding hydrogens is 332 g/mol. The Kier molecular flexibility index (Phi) is 5.22.